The normalized spacial score (nSPS) is 19.6. The first kappa shape index (κ1) is 13.1. The second kappa shape index (κ2) is 6.00. The van der Waals surface area contributed by atoms with E-state index in [-0.39, 0.29) is 5.75 Å². The molecular formula is C13H18F2N2O. The van der Waals surface area contributed by atoms with E-state index in [2.05, 4.69) is 15.0 Å². The van der Waals surface area contributed by atoms with E-state index in [0.717, 1.165) is 31.7 Å². The van der Waals surface area contributed by atoms with Gasteiger partial charge in [0.2, 0.25) is 0 Å². The van der Waals surface area contributed by atoms with Crippen LogP contribution in [-0.4, -0.2) is 33.3 Å². The van der Waals surface area contributed by atoms with Crippen LogP contribution < -0.4 is 15.0 Å². The summed E-state index contributed by atoms with van der Waals surface area (Å²) in [7, 11) is 1.93. The molecule has 1 saturated heterocycles. The quantitative estimate of drug-likeness (QED) is 0.875. The van der Waals surface area contributed by atoms with Gasteiger partial charge in [-0.3, -0.25) is 0 Å². The predicted molar refractivity (Wildman–Crippen MR) is 67.3 cm³/mol. The summed E-state index contributed by atoms with van der Waals surface area (Å²) in [5.74, 6) is 0.826. The summed E-state index contributed by atoms with van der Waals surface area (Å²) < 4.78 is 29.2. The maximum absolute atomic E-state index is 12.3. The van der Waals surface area contributed by atoms with Crippen LogP contribution >= 0.6 is 0 Å². The fourth-order valence-electron chi connectivity index (χ4n) is 2.42. The highest BCUT2D eigenvalue weighted by Gasteiger charge is 2.24. The minimum absolute atomic E-state index is 0.262. The summed E-state index contributed by atoms with van der Waals surface area (Å²) in [5.41, 5.74) is 0.761. The van der Waals surface area contributed by atoms with E-state index in [1.165, 1.54) is 0 Å². The number of nitrogens with zero attached hydrogens (tertiary/aromatic N) is 1. The predicted octanol–water partition coefficient (Wildman–Crippen LogP) is 2.33. The Kier molecular flexibility index (Phi) is 4.36. The third-order valence-electron chi connectivity index (χ3n) is 3.20. The van der Waals surface area contributed by atoms with Gasteiger partial charge in [-0.15, -0.1) is 0 Å². The molecule has 1 fully saturated rings. The SMILES string of the molecule is CNCC1CCN(c2ccccc2OC(F)F)C1. The number of para-hydroxylation sites is 2. The van der Waals surface area contributed by atoms with E-state index in [4.69, 9.17) is 0 Å². The molecule has 1 aromatic rings. The number of benzene rings is 1. The van der Waals surface area contributed by atoms with Crippen molar-refractivity contribution in [2.45, 2.75) is 13.0 Å². The van der Waals surface area contributed by atoms with Gasteiger partial charge < -0.3 is 15.0 Å². The largest absolute Gasteiger partial charge is 0.433 e. The van der Waals surface area contributed by atoms with Gasteiger partial charge >= 0.3 is 6.61 Å². The maximum Gasteiger partial charge on any atom is 0.387 e. The Hall–Kier alpha value is -1.36. The molecule has 18 heavy (non-hydrogen) atoms. The number of anilines is 1. The second-order valence-corrected chi connectivity index (χ2v) is 4.50. The van der Waals surface area contributed by atoms with Gasteiger partial charge in [0.1, 0.15) is 5.75 Å². The molecule has 0 aromatic heterocycles. The highest BCUT2D eigenvalue weighted by Crippen LogP contribution is 2.32. The zero-order valence-electron chi connectivity index (χ0n) is 10.4. The first-order chi connectivity index (χ1) is 8.70. The van der Waals surface area contributed by atoms with Gasteiger partial charge in [0.25, 0.3) is 0 Å². The van der Waals surface area contributed by atoms with Gasteiger partial charge in [-0.05, 0) is 38.1 Å². The molecule has 1 atom stereocenters. The number of alkyl halides is 2. The fourth-order valence-corrected chi connectivity index (χ4v) is 2.42. The van der Waals surface area contributed by atoms with Crippen LogP contribution in [0.25, 0.3) is 0 Å². The number of ether oxygens (including phenoxy) is 1. The van der Waals surface area contributed by atoms with Gasteiger partial charge in [0.05, 0.1) is 5.69 Å². The standard InChI is InChI=1S/C13H18F2N2O/c1-16-8-10-6-7-17(9-10)11-4-2-3-5-12(11)18-13(14)15/h2-5,10,13,16H,6-9H2,1H3. The van der Waals surface area contributed by atoms with Crippen molar-refractivity contribution in [1.29, 1.82) is 0 Å². The maximum atomic E-state index is 12.3. The fraction of sp³-hybridized carbons (Fsp3) is 0.538. The number of halogens is 2. The van der Waals surface area contributed by atoms with Crippen molar-refractivity contribution in [2.24, 2.45) is 5.92 Å². The molecule has 1 aromatic carbocycles. The van der Waals surface area contributed by atoms with Crippen LogP contribution in [0, 0.1) is 5.92 Å². The van der Waals surface area contributed by atoms with E-state index in [1.54, 1.807) is 12.1 Å². The Morgan fingerprint density at radius 1 is 1.44 bits per heavy atom. The molecule has 0 saturated carbocycles. The van der Waals surface area contributed by atoms with Gasteiger partial charge in [0, 0.05) is 13.1 Å². The van der Waals surface area contributed by atoms with Gasteiger partial charge in [0.15, 0.2) is 0 Å². The van der Waals surface area contributed by atoms with E-state index in [1.807, 2.05) is 19.2 Å². The summed E-state index contributed by atoms with van der Waals surface area (Å²) in [6, 6.07) is 6.98. The molecule has 1 aliphatic heterocycles. The summed E-state index contributed by atoms with van der Waals surface area (Å²) in [6.45, 7) is -0.0590. The van der Waals surface area contributed by atoms with Crippen molar-refractivity contribution in [1.82, 2.24) is 5.32 Å². The van der Waals surface area contributed by atoms with Crippen LogP contribution in [0.1, 0.15) is 6.42 Å². The smallest absolute Gasteiger partial charge is 0.387 e. The second-order valence-electron chi connectivity index (χ2n) is 4.50. The van der Waals surface area contributed by atoms with Crippen LogP contribution in [0.3, 0.4) is 0 Å². The number of nitrogens with one attached hydrogen (secondary N) is 1. The molecule has 0 amide bonds. The monoisotopic (exact) mass is 256 g/mol. The molecule has 1 N–H and O–H groups in total. The van der Waals surface area contributed by atoms with Gasteiger partial charge in [-0.25, -0.2) is 0 Å². The van der Waals surface area contributed by atoms with Gasteiger partial charge in [-0.2, -0.15) is 8.78 Å². The molecule has 0 bridgehead atoms. The van der Waals surface area contributed by atoms with Crippen LogP contribution in [0.2, 0.25) is 0 Å². The minimum atomic E-state index is -2.78. The average Bonchev–Trinajstić information content (AvgIpc) is 2.78. The summed E-state index contributed by atoms with van der Waals surface area (Å²) >= 11 is 0. The Balaban J connectivity index is 2.09. The summed E-state index contributed by atoms with van der Waals surface area (Å²) in [4.78, 5) is 2.11. The Morgan fingerprint density at radius 2 is 2.22 bits per heavy atom. The first-order valence-electron chi connectivity index (χ1n) is 6.14. The van der Waals surface area contributed by atoms with Crippen molar-refractivity contribution in [3.05, 3.63) is 24.3 Å². The number of hydrogen-bond donors (Lipinski definition) is 1. The summed E-state index contributed by atoms with van der Waals surface area (Å²) in [5, 5.41) is 3.15. The molecule has 100 valence electrons. The lowest BCUT2D eigenvalue weighted by molar-refractivity contribution is -0.0495. The van der Waals surface area contributed by atoms with Crippen LogP contribution in [-0.2, 0) is 0 Å². The Bertz CT molecular complexity index is 387. The first-order valence-corrected chi connectivity index (χ1v) is 6.14. The molecule has 1 aliphatic rings. The highest BCUT2D eigenvalue weighted by atomic mass is 19.3. The molecule has 2 rings (SSSR count). The van der Waals surface area contributed by atoms with Crippen molar-refractivity contribution in [2.75, 3.05) is 31.6 Å². The average molecular weight is 256 g/mol. The topological polar surface area (TPSA) is 24.5 Å². The van der Waals surface area contributed by atoms with E-state index < -0.39 is 6.61 Å². The Labute approximate surface area is 106 Å². The van der Waals surface area contributed by atoms with Crippen LogP contribution in [0.4, 0.5) is 14.5 Å². The van der Waals surface area contributed by atoms with Crippen molar-refractivity contribution < 1.29 is 13.5 Å². The lowest BCUT2D eigenvalue weighted by Gasteiger charge is -2.21. The highest BCUT2D eigenvalue weighted by molar-refractivity contribution is 5.59. The minimum Gasteiger partial charge on any atom is -0.433 e. The molecule has 5 heteroatoms. The zero-order chi connectivity index (χ0) is 13.0. The molecule has 1 heterocycles. The van der Waals surface area contributed by atoms with Crippen molar-refractivity contribution in [3.8, 4) is 5.75 Å². The molecule has 0 spiro atoms. The van der Waals surface area contributed by atoms with E-state index in [9.17, 15) is 8.78 Å². The van der Waals surface area contributed by atoms with Crippen LogP contribution in [0.5, 0.6) is 5.75 Å². The molecule has 3 nitrogen and oxygen atoms in total. The Morgan fingerprint density at radius 3 is 2.94 bits per heavy atom. The van der Waals surface area contributed by atoms with Gasteiger partial charge in [-0.1, -0.05) is 12.1 Å². The lowest BCUT2D eigenvalue weighted by Crippen LogP contribution is -2.24. The van der Waals surface area contributed by atoms with Crippen molar-refractivity contribution >= 4 is 5.69 Å². The summed E-state index contributed by atoms with van der Waals surface area (Å²) in [6.07, 6.45) is 1.07. The van der Waals surface area contributed by atoms with E-state index >= 15 is 0 Å². The van der Waals surface area contributed by atoms with E-state index in [0.29, 0.717) is 5.92 Å². The van der Waals surface area contributed by atoms with Crippen molar-refractivity contribution in [3.63, 3.8) is 0 Å². The lowest BCUT2D eigenvalue weighted by atomic mass is 10.1. The zero-order valence-corrected chi connectivity index (χ0v) is 10.4. The number of rotatable bonds is 5. The third-order valence-corrected chi connectivity index (χ3v) is 3.20. The number of hydrogen-bond acceptors (Lipinski definition) is 3. The molecule has 1 unspecified atom stereocenters. The molecular weight excluding hydrogens is 238 g/mol. The molecule has 0 aliphatic carbocycles. The van der Waals surface area contributed by atoms with Crippen LogP contribution in [0.15, 0.2) is 24.3 Å². The third kappa shape index (κ3) is 3.10. The molecule has 0 radical (unpaired) electrons.